The summed E-state index contributed by atoms with van der Waals surface area (Å²) in [4.78, 5) is 3.59. The number of piperazine rings is 1. The second-order valence-corrected chi connectivity index (χ2v) is 6.49. The van der Waals surface area contributed by atoms with Crippen molar-refractivity contribution in [3.05, 3.63) is 28.2 Å². The minimum absolute atomic E-state index is 0.620. The van der Waals surface area contributed by atoms with Gasteiger partial charge in [-0.2, -0.15) is 0 Å². The number of thioether (sulfide) groups is 1. The molecule has 1 N–H and O–H groups in total. The van der Waals surface area contributed by atoms with E-state index in [1.54, 1.807) is 11.8 Å². The molecule has 0 aromatic heterocycles. The van der Waals surface area contributed by atoms with Crippen molar-refractivity contribution in [2.24, 2.45) is 0 Å². The van der Waals surface area contributed by atoms with Crippen molar-refractivity contribution in [2.75, 3.05) is 31.9 Å². The topological polar surface area (TPSA) is 15.3 Å². The van der Waals surface area contributed by atoms with E-state index in [1.807, 2.05) is 18.2 Å². The van der Waals surface area contributed by atoms with Crippen LogP contribution in [0.1, 0.15) is 6.92 Å². The van der Waals surface area contributed by atoms with Gasteiger partial charge in [0.05, 0.1) is 5.02 Å². The molecule has 100 valence electrons. The molecule has 0 amide bonds. The molecule has 5 heteroatoms. The first-order chi connectivity index (χ1) is 8.66. The number of benzene rings is 1. The molecular formula is C13H18Cl2N2S. The van der Waals surface area contributed by atoms with E-state index < -0.39 is 0 Å². The molecule has 1 aliphatic heterocycles. The molecule has 1 heterocycles. The minimum atomic E-state index is 0.620. The maximum Gasteiger partial charge on any atom is 0.0542 e. The van der Waals surface area contributed by atoms with E-state index in [1.165, 1.54) is 0 Å². The van der Waals surface area contributed by atoms with Crippen LogP contribution in [-0.4, -0.2) is 42.9 Å². The molecule has 1 aromatic carbocycles. The van der Waals surface area contributed by atoms with Crippen LogP contribution in [0.15, 0.2) is 23.1 Å². The second kappa shape index (κ2) is 7.01. The van der Waals surface area contributed by atoms with Crippen LogP contribution in [-0.2, 0) is 0 Å². The van der Waals surface area contributed by atoms with Gasteiger partial charge in [-0.25, -0.2) is 0 Å². The summed E-state index contributed by atoms with van der Waals surface area (Å²) in [6.07, 6.45) is 0. The Bertz CT molecular complexity index is 401. The minimum Gasteiger partial charge on any atom is -0.314 e. The standard InChI is InChI=1S/C13H18Cl2N2S/c1-10-9-16-4-5-17(10)6-7-18-13-8-11(14)2-3-12(13)15/h2-3,8,10,16H,4-7,9H2,1H3. The van der Waals surface area contributed by atoms with Crippen molar-refractivity contribution >= 4 is 35.0 Å². The molecule has 0 saturated carbocycles. The first-order valence-corrected chi connectivity index (χ1v) is 7.93. The Balaban J connectivity index is 1.82. The molecular weight excluding hydrogens is 287 g/mol. The lowest BCUT2D eigenvalue weighted by Gasteiger charge is -2.33. The summed E-state index contributed by atoms with van der Waals surface area (Å²) >= 11 is 13.9. The van der Waals surface area contributed by atoms with Crippen LogP contribution in [0.2, 0.25) is 10.0 Å². The van der Waals surface area contributed by atoms with Gasteiger partial charge in [-0.15, -0.1) is 11.8 Å². The van der Waals surface area contributed by atoms with Crippen LogP contribution in [0.5, 0.6) is 0 Å². The first-order valence-electron chi connectivity index (χ1n) is 6.19. The fourth-order valence-corrected chi connectivity index (χ4v) is 3.56. The predicted molar refractivity (Wildman–Crippen MR) is 81.1 cm³/mol. The molecule has 0 aliphatic carbocycles. The van der Waals surface area contributed by atoms with Crippen LogP contribution >= 0.6 is 35.0 Å². The van der Waals surface area contributed by atoms with Gasteiger partial charge < -0.3 is 5.32 Å². The predicted octanol–water partition coefficient (Wildman–Crippen LogP) is 3.38. The quantitative estimate of drug-likeness (QED) is 0.859. The fraction of sp³-hybridized carbons (Fsp3) is 0.538. The third-order valence-electron chi connectivity index (χ3n) is 3.17. The summed E-state index contributed by atoms with van der Waals surface area (Å²) in [6.45, 7) is 6.67. The Hall–Kier alpha value is 0.0700. The highest BCUT2D eigenvalue weighted by Crippen LogP contribution is 2.29. The number of hydrogen-bond acceptors (Lipinski definition) is 3. The van der Waals surface area contributed by atoms with Gasteiger partial charge in [-0.1, -0.05) is 23.2 Å². The number of nitrogens with zero attached hydrogens (tertiary/aromatic N) is 1. The lowest BCUT2D eigenvalue weighted by Crippen LogP contribution is -2.50. The second-order valence-electron chi connectivity index (χ2n) is 4.51. The molecule has 1 atom stereocenters. The summed E-state index contributed by atoms with van der Waals surface area (Å²) in [6, 6.07) is 6.25. The maximum absolute atomic E-state index is 6.14. The monoisotopic (exact) mass is 304 g/mol. The van der Waals surface area contributed by atoms with Crippen LogP contribution in [0.4, 0.5) is 0 Å². The normalized spacial score (nSPS) is 21.2. The molecule has 18 heavy (non-hydrogen) atoms. The van der Waals surface area contributed by atoms with Crippen molar-refractivity contribution in [2.45, 2.75) is 17.9 Å². The Morgan fingerprint density at radius 1 is 1.44 bits per heavy atom. The molecule has 1 fully saturated rings. The summed E-state index contributed by atoms with van der Waals surface area (Å²) in [5, 5.41) is 4.94. The third kappa shape index (κ3) is 4.04. The van der Waals surface area contributed by atoms with Crippen molar-refractivity contribution in [1.29, 1.82) is 0 Å². The highest BCUT2D eigenvalue weighted by atomic mass is 35.5. The Morgan fingerprint density at radius 2 is 2.28 bits per heavy atom. The zero-order valence-corrected chi connectivity index (χ0v) is 12.8. The SMILES string of the molecule is CC1CNCCN1CCSc1cc(Cl)ccc1Cl. The van der Waals surface area contributed by atoms with E-state index in [9.17, 15) is 0 Å². The van der Waals surface area contributed by atoms with Crippen molar-refractivity contribution in [1.82, 2.24) is 10.2 Å². The van der Waals surface area contributed by atoms with Crippen LogP contribution < -0.4 is 5.32 Å². The first kappa shape index (κ1) is 14.5. The van der Waals surface area contributed by atoms with E-state index in [2.05, 4.69) is 17.1 Å². The van der Waals surface area contributed by atoms with Gasteiger partial charge in [0, 0.05) is 47.9 Å². The number of hydrogen-bond donors (Lipinski definition) is 1. The summed E-state index contributed by atoms with van der Waals surface area (Å²) in [7, 11) is 0. The maximum atomic E-state index is 6.14. The van der Waals surface area contributed by atoms with Gasteiger partial charge in [0.25, 0.3) is 0 Å². The molecule has 2 rings (SSSR count). The average molecular weight is 305 g/mol. The van der Waals surface area contributed by atoms with E-state index in [0.717, 1.165) is 46.9 Å². The molecule has 0 radical (unpaired) electrons. The van der Waals surface area contributed by atoms with E-state index in [4.69, 9.17) is 23.2 Å². The molecule has 0 spiro atoms. The number of rotatable bonds is 4. The Morgan fingerprint density at radius 3 is 3.06 bits per heavy atom. The summed E-state index contributed by atoms with van der Waals surface area (Å²) < 4.78 is 0. The molecule has 1 aromatic rings. The van der Waals surface area contributed by atoms with Gasteiger partial charge in [0.2, 0.25) is 0 Å². The lowest BCUT2D eigenvalue weighted by atomic mass is 10.2. The van der Waals surface area contributed by atoms with E-state index >= 15 is 0 Å². The van der Waals surface area contributed by atoms with Crippen LogP contribution in [0, 0.1) is 0 Å². The number of halogens is 2. The lowest BCUT2D eigenvalue weighted by molar-refractivity contribution is 0.185. The molecule has 2 nitrogen and oxygen atoms in total. The highest BCUT2D eigenvalue weighted by Gasteiger charge is 2.17. The zero-order chi connectivity index (χ0) is 13.0. The molecule has 1 unspecified atom stereocenters. The summed E-state index contributed by atoms with van der Waals surface area (Å²) in [5.41, 5.74) is 0. The largest absolute Gasteiger partial charge is 0.314 e. The summed E-state index contributed by atoms with van der Waals surface area (Å²) in [5.74, 6) is 1.05. The van der Waals surface area contributed by atoms with Crippen molar-refractivity contribution in [3.63, 3.8) is 0 Å². The van der Waals surface area contributed by atoms with Crippen molar-refractivity contribution < 1.29 is 0 Å². The van der Waals surface area contributed by atoms with Gasteiger partial charge in [-0.3, -0.25) is 4.90 Å². The Kier molecular flexibility index (Phi) is 5.64. The van der Waals surface area contributed by atoms with Crippen LogP contribution in [0.3, 0.4) is 0 Å². The van der Waals surface area contributed by atoms with E-state index in [-0.39, 0.29) is 0 Å². The molecule has 1 saturated heterocycles. The smallest absolute Gasteiger partial charge is 0.0542 e. The fourth-order valence-electron chi connectivity index (χ4n) is 2.08. The van der Waals surface area contributed by atoms with Gasteiger partial charge in [0.15, 0.2) is 0 Å². The van der Waals surface area contributed by atoms with Gasteiger partial charge in [0.1, 0.15) is 0 Å². The zero-order valence-electron chi connectivity index (χ0n) is 10.5. The van der Waals surface area contributed by atoms with Crippen molar-refractivity contribution in [3.8, 4) is 0 Å². The van der Waals surface area contributed by atoms with Gasteiger partial charge in [-0.05, 0) is 25.1 Å². The highest BCUT2D eigenvalue weighted by molar-refractivity contribution is 7.99. The molecule has 1 aliphatic rings. The average Bonchev–Trinajstić information content (AvgIpc) is 2.36. The Labute approximate surface area is 123 Å². The van der Waals surface area contributed by atoms with Crippen LogP contribution in [0.25, 0.3) is 0 Å². The third-order valence-corrected chi connectivity index (χ3v) is 4.88. The van der Waals surface area contributed by atoms with Gasteiger partial charge >= 0.3 is 0 Å². The number of nitrogens with one attached hydrogen (secondary N) is 1. The van der Waals surface area contributed by atoms with E-state index in [0.29, 0.717) is 6.04 Å². The molecule has 0 bridgehead atoms.